The minimum atomic E-state index is -5.00. The highest BCUT2D eigenvalue weighted by atomic mass is 19.4. The fourth-order valence-corrected chi connectivity index (χ4v) is 4.27. The summed E-state index contributed by atoms with van der Waals surface area (Å²) in [6.07, 6.45) is -7.03. The van der Waals surface area contributed by atoms with Crippen molar-refractivity contribution in [2.45, 2.75) is 45.0 Å². The van der Waals surface area contributed by atoms with E-state index in [4.69, 9.17) is 4.74 Å². The summed E-state index contributed by atoms with van der Waals surface area (Å²) in [6.45, 7) is 3.41. The van der Waals surface area contributed by atoms with Crippen LogP contribution < -0.4 is 4.74 Å². The first kappa shape index (κ1) is 25.2. The van der Waals surface area contributed by atoms with Crippen molar-refractivity contribution in [1.29, 1.82) is 0 Å². The highest BCUT2D eigenvalue weighted by Crippen LogP contribution is 2.38. The number of benzene rings is 1. The summed E-state index contributed by atoms with van der Waals surface area (Å²) >= 11 is 0. The second kappa shape index (κ2) is 9.80. The number of amides is 2. The fraction of sp³-hybridized carbons (Fsp3) is 0.636. The molecule has 2 fully saturated rings. The Kier molecular flexibility index (Phi) is 7.48. The normalized spacial score (nSPS) is 20.6. The topological polar surface area (TPSA) is 49.9 Å². The van der Waals surface area contributed by atoms with Crippen LogP contribution in [0.4, 0.5) is 26.3 Å². The monoisotopic (exact) mass is 480 g/mol. The molecule has 11 heteroatoms. The maximum atomic E-state index is 13.0. The van der Waals surface area contributed by atoms with Gasteiger partial charge in [0.15, 0.2) is 6.61 Å². The van der Waals surface area contributed by atoms with Crippen molar-refractivity contribution >= 4 is 11.8 Å². The number of hydrogen-bond donors (Lipinski definition) is 0. The average molecular weight is 480 g/mol. The zero-order chi connectivity index (χ0) is 24.4. The molecule has 2 aliphatic heterocycles. The molecular formula is C22H26F6N2O3. The first-order valence-electron chi connectivity index (χ1n) is 10.8. The van der Waals surface area contributed by atoms with Crippen LogP contribution in [-0.4, -0.2) is 54.4 Å². The van der Waals surface area contributed by atoms with Crippen molar-refractivity contribution < 1.29 is 40.7 Å². The van der Waals surface area contributed by atoms with Gasteiger partial charge in [-0.05, 0) is 49.8 Å². The van der Waals surface area contributed by atoms with Crippen LogP contribution in [0.2, 0.25) is 0 Å². The van der Waals surface area contributed by atoms with E-state index in [0.717, 1.165) is 25.9 Å². The van der Waals surface area contributed by atoms with Crippen molar-refractivity contribution in [3.63, 3.8) is 0 Å². The van der Waals surface area contributed by atoms with E-state index in [9.17, 15) is 35.9 Å². The third-order valence-electron chi connectivity index (χ3n) is 6.09. The number of piperidine rings is 2. The van der Waals surface area contributed by atoms with Gasteiger partial charge in [-0.15, -0.1) is 0 Å². The number of halogens is 6. The lowest BCUT2D eigenvalue weighted by atomic mass is 9.93. The number of rotatable bonds is 4. The van der Waals surface area contributed by atoms with Crippen molar-refractivity contribution in [2.75, 3.05) is 32.8 Å². The average Bonchev–Trinajstić information content (AvgIpc) is 2.75. The zero-order valence-electron chi connectivity index (χ0n) is 18.1. The number of hydrogen-bond acceptors (Lipinski definition) is 3. The molecule has 3 rings (SSSR count). The minimum absolute atomic E-state index is 0.000442. The number of likely N-dealkylation sites (tertiary alicyclic amines) is 2. The lowest BCUT2D eigenvalue weighted by Crippen LogP contribution is -2.47. The molecule has 0 bridgehead atoms. The molecule has 2 heterocycles. The maximum absolute atomic E-state index is 13.0. The first-order chi connectivity index (χ1) is 15.3. The summed E-state index contributed by atoms with van der Waals surface area (Å²) < 4.78 is 82.7. The van der Waals surface area contributed by atoms with Crippen molar-refractivity contribution in [3.05, 3.63) is 29.3 Å². The van der Waals surface area contributed by atoms with Gasteiger partial charge in [-0.1, -0.05) is 6.92 Å². The van der Waals surface area contributed by atoms with Crippen molar-refractivity contribution in [2.24, 2.45) is 11.8 Å². The number of alkyl halides is 6. The van der Waals surface area contributed by atoms with E-state index >= 15 is 0 Å². The molecule has 1 aromatic carbocycles. The van der Waals surface area contributed by atoms with E-state index in [2.05, 4.69) is 6.92 Å². The Labute approximate surface area is 187 Å². The van der Waals surface area contributed by atoms with Gasteiger partial charge in [-0.2, -0.15) is 26.3 Å². The summed E-state index contributed by atoms with van der Waals surface area (Å²) in [5.41, 5.74) is -3.02. The molecule has 5 nitrogen and oxygen atoms in total. The van der Waals surface area contributed by atoms with Crippen molar-refractivity contribution in [3.8, 4) is 5.75 Å². The summed E-state index contributed by atoms with van der Waals surface area (Å²) in [5, 5.41) is 0. The van der Waals surface area contributed by atoms with Gasteiger partial charge in [0.2, 0.25) is 5.91 Å². The van der Waals surface area contributed by atoms with Crippen molar-refractivity contribution in [1.82, 2.24) is 9.80 Å². The van der Waals surface area contributed by atoms with Gasteiger partial charge < -0.3 is 14.5 Å². The summed E-state index contributed by atoms with van der Waals surface area (Å²) in [5.74, 6) is -0.907. The van der Waals surface area contributed by atoms with Gasteiger partial charge in [0.25, 0.3) is 5.91 Å². The Hall–Kier alpha value is -2.46. The van der Waals surface area contributed by atoms with Crippen LogP contribution in [0.25, 0.3) is 0 Å². The second-order valence-corrected chi connectivity index (χ2v) is 8.72. The van der Waals surface area contributed by atoms with Crippen LogP contribution >= 0.6 is 0 Å². The van der Waals surface area contributed by atoms with Gasteiger partial charge in [0, 0.05) is 32.1 Å². The molecule has 1 aromatic rings. The fourth-order valence-electron chi connectivity index (χ4n) is 4.27. The Morgan fingerprint density at radius 3 is 2.00 bits per heavy atom. The number of carbonyl (C=O) groups excluding carboxylic acids is 2. The van der Waals surface area contributed by atoms with Crippen LogP contribution in [0.5, 0.6) is 5.75 Å². The molecule has 1 unspecified atom stereocenters. The van der Waals surface area contributed by atoms with E-state index in [-0.39, 0.29) is 31.0 Å². The Morgan fingerprint density at radius 1 is 0.909 bits per heavy atom. The van der Waals surface area contributed by atoms with Gasteiger partial charge in [0.1, 0.15) is 5.75 Å². The first-order valence-corrected chi connectivity index (χ1v) is 10.8. The smallest absolute Gasteiger partial charge is 0.416 e. The Morgan fingerprint density at radius 2 is 1.48 bits per heavy atom. The predicted molar refractivity (Wildman–Crippen MR) is 106 cm³/mol. The second-order valence-electron chi connectivity index (χ2n) is 8.72. The van der Waals surface area contributed by atoms with E-state index in [1.807, 2.05) is 4.90 Å². The Bertz CT molecular complexity index is 830. The Balaban J connectivity index is 1.56. The summed E-state index contributed by atoms with van der Waals surface area (Å²) in [4.78, 5) is 28.4. The molecule has 0 N–H and O–H groups in total. The van der Waals surface area contributed by atoms with Gasteiger partial charge in [-0.25, -0.2) is 0 Å². The molecule has 184 valence electrons. The third-order valence-corrected chi connectivity index (χ3v) is 6.09. The molecule has 0 aliphatic carbocycles. The third kappa shape index (κ3) is 6.54. The van der Waals surface area contributed by atoms with Gasteiger partial charge in [0.05, 0.1) is 11.1 Å². The number of nitrogens with zero attached hydrogens (tertiary/aromatic N) is 2. The number of ether oxygens (including phenoxy) is 1. The summed E-state index contributed by atoms with van der Waals surface area (Å²) in [6, 6.07) is 0.875. The lowest BCUT2D eigenvalue weighted by molar-refractivity contribution is -0.144. The highest BCUT2D eigenvalue weighted by molar-refractivity contribution is 5.80. The molecular weight excluding hydrogens is 454 g/mol. The van der Waals surface area contributed by atoms with Crippen LogP contribution in [0.15, 0.2) is 18.2 Å². The molecule has 0 radical (unpaired) electrons. The SMILES string of the molecule is CC1CCCN(C(=O)C2CCN(C(=O)COc3cc(C(F)(F)F)cc(C(F)(F)F)c3)CC2)C1. The molecule has 2 amide bonds. The van der Waals surface area contributed by atoms with Gasteiger partial charge in [-0.3, -0.25) is 9.59 Å². The highest BCUT2D eigenvalue weighted by Gasteiger charge is 2.37. The predicted octanol–water partition coefficient (Wildman–Crippen LogP) is 4.60. The quantitative estimate of drug-likeness (QED) is 0.592. The largest absolute Gasteiger partial charge is 0.484 e. The zero-order valence-corrected chi connectivity index (χ0v) is 18.1. The molecule has 0 aromatic heterocycles. The van der Waals surface area contributed by atoms with Gasteiger partial charge >= 0.3 is 12.4 Å². The maximum Gasteiger partial charge on any atom is 0.416 e. The van der Waals surface area contributed by atoms with E-state index in [0.29, 0.717) is 30.9 Å². The standard InChI is InChI=1S/C22H26F6N2O3/c1-14-3-2-6-30(12-14)20(32)15-4-7-29(8-5-15)19(31)13-33-18-10-16(21(23,24)25)9-17(11-18)22(26,27)28/h9-11,14-15H,2-8,12-13H2,1H3. The lowest BCUT2D eigenvalue weighted by Gasteiger charge is -2.37. The van der Waals surface area contributed by atoms with Crippen LogP contribution in [0.1, 0.15) is 43.7 Å². The van der Waals surface area contributed by atoms with Crippen LogP contribution in [-0.2, 0) is 21.9 Å². The minimum Gasteiger partial charge on any atom is -0.484 e. The molecule has 0 saturated carbocycles. The summed E-state index contributed by atoms with van der Waals surface area (Å²) in [7, 11) is 0. The van der Waals surface area contributed by atoms with Crippen LogP contribution in [0.3, 0.4) is 0 Å². The molecule has 0 spiro atoms. The van der Waals surface area contributed by atoms with Crippen LogP contribution in [0, 0.1) is 11.8 Å². The molecule has 2 saturated heterocycles. The van der Waals surface area contributed by atoms with E-state index in [1.54, 1.807) is 0 Å². The molecule has 1 atom stereocenters. The van der Waals surface area contributed by atoms with E-state index in [1.165, 1.54) is 4.90 Å². The molecule has 2 aliphatic rings. The molecule has 33 heavy (non-hydrogen) atoms. The van der Waals surface area contributed by atoms with E-state index < -0.39 is 41.7 Å². The number of carbonyl (C=O) groups is 2.